The van der Waals surface area contributed by atoms with Gasteiger partial charge in [0.15, 0.2) is 0 Å². The Morgan fingerprint density at radius 1 is 1.44 bits per heavy atom. The molecule has 2 rings (SSSR count). The van der Waals surface area contributed by atoms with Crippen molar-refractivity contribution < 1.29 is 9.53 Å². The molecule has 18 heavy (non-hydrogen) atoms. The van der Waals surface area contributed by atoms with Gasteiger partial charge in [0.25, 0.3) is 0 Å². The Morgan fingerprint density at radius 2 is 2.22 bits per heavy atom. The quantitative estimate of drug-likeness (QED) is 0.869. The number of hydrogen-bond donors (Lipinski definition) is 1. The van der Waals surface area contributed by atoms with Gasteiger partial charge in [-0.2, -0.15) is 0 Å². The lowest BCUT2D eigenvalue weighted by atomic mass is 10.2. The highest BCUT2D eigenvalue weighted by atomic mass is 79.9. The molecule has 3 nitrogen and oxygen atoms in total. The van der Waals surface area contributed by atoms with Gasteiger partial charge < -0.3 is 10.1 Å². The fraction of sp³-hybridized carbons (Fsp3) is 0.357. The van der Waals surface area contributed by atoms with E-state index in [0.717, 1.165) is 29.5 Å². The number of amides is 1. The van der Waals surface area contributed by atoms with Crippen LogP contribution in [0.3, 0.4) is 0 Å². The van der Waals surface area contributed by atoms with E-state index in [0.29, 0.717) is 6.54 Å². The molecule has 0 radical (unpaired) electrons. The zero-order chi connectivity index (χ0) is 12.8. The fourth-order valence-electron chi connectivity index (χ4n) is 1.82. The number of halogens is 1. The number of benzene rings is 1. The van der Waals surface area contributed by atoms with Crippen molar-refractivity contribution in [3.05, 3.63) is 40.4 Å². The molecule has 1 N–H and O–H groups in total. The molecule has 1 fully saturated rings. The predicted molar refractivity (Wildman–Crippen MR) is 75.2 cm³/mol. The second kappa shape index (κ2) is 6.71. The summed E-state index contributed by atoms with van der Waals surface area (Å²) in [4.78, 5) is 11.6. The van der Waals surface area contributed by atoms with Crippen LogP contribution in [0.4, 0.5) is 0 Å². The predicted octanol–water partition coefficient (Wildman–Crippen LogP) is 2.76. The van der Waals surface area contributed by atoms with Gasteiger partial charge in [0.2, 0.25) is 5.91 Å². The van der Waals surface area contributed by atoms with Crippen molar-refractivity contribution in [2.75, 3.05) is 13.2 Å². The monoisotopic (exact) mass is 309 g/mol. The summed E-state index contributed by atoms with van der Waals surface area (Å²) >= 11 is 3.37. The fourth-order valence-corrected chi connectivity index (χ4v) is 2.09. The highest BCUT2D eigenvalue weighted by Crippen LogP contribution is 2.12. The molecule has 1 saturated heterocycles. The van der Waals surface area contributed by atoms with Gasteiger partial charge in [0, 0.05) is 23.7 Å². The Hall–Kier alpha value is -1.13. The van der Waals surface area contributed by atoms with E-state index in [1.807, 2.05) is 24.3 Å². The second-order valence-corrected chi connectivity index (χ2v) is 5.18. The molecule has 1 atom stereocenters. The lowest BCUT2D eigenvalue weighted by Crippen LogP contribution is -2.30. The number of carbonyl (C=O) groups is 1. The van der Waals surface area contributed by atoms with Gasteiger partial charge in [0.1, 0.15) is 0 Å². The van der Waals surface area contributed by atoms with E-state index >= 15 is 0 Å². The lowest BCUT2D eigenvalue weighted by Gasteiger charge is -2.08. The van der Waals surface area contributed by atoms with Gasteiger partial charge in [-0.1, -0.05) is 28.1 Å². The summed E-state index contributed by atoms with van der Waals surface area (Å²) < 4.78 is 6.47. The first kappa shape index (κ1) is 13.3. The van der Waals surface area contributed by atoms with Gasteiger partial charge in [-0.3, -0.25) is 4.79 Å². The Labute approximate surface area is 115 Å². The minimum atomic E-state index is -0.0755. The van der Waals surface area contributed by atoms with Crippen LogP contribution < -0.4 is 5.32 Å². The molecule has 1 unspecified atom stereocenters. The van der Waals surface area contributed by atoms with E-state index in [4.69, 9.17) is 4.74 Å². The Kier molecular flexibility index (Phi) is 4.96. The van der Waals surface area contributed by atoms with E-state index in [1.54, 1.807) is 12.2 Å². The highest BCUT2D eigenvalue weighted by Gasteiger charge is 2.15. The van der Waals surface area contributed by atoms with Crippen molar-refractivity contribution in [3.63, 3.8) is 0 Å². The third kappa shape index (κ3) is 4.27. The average Bonchev–Trinajstić information content (AvgIpc) is 2.89. The van der Waals surface area contributed by atoms with E-state index < -0.39 is 0 Å². The van der Waals surface area contributed by atoms with Gasteiger partial charge in [0.05, 0.1) is 6.10 Å². The first-order chi connectivity index (χ1) is 8.74. The van der Waals surface area contributed by atoms with E-state index in [9.17, 15) is 4.79 Å². The van der Waals surface area contributed by atoms with Crippen molar-refractivity contribution in [3.8, 4) is 0 Å². The van der Waals surface area contributed by atoms with Crippen LogP contribution in [0.1, 0.15) is 18.4 Å². The van der Waals surface area contributed by atoms with Crippen molar-refractivity contribution >= 4 is 27.9 Å². The lowest BCUT2D eigenvalue weighted by molar-refractivity contribution is -0.116. The van der Waals surface area contributed by atoms with Gasteiger partial charge in [-0.05, 0) is 36.6 Å². The molecule has 0 aliphatic carbocycles. The molecule has 1 aliphatic rings. The van der Waals surface area contributed by atoms with Gasteiger partial charge in [-0.15, -0.1) is 0 Å². The van der Waals surface area contributed by atoms with Crippen LogP contribution in [0.2, 0.25) is 0 Å². The van der Waals surface area contributed by atoms with Crippen molar-refractivity contribution in [2.24, 2.45) is 0 Å². The Morgan fingerprint density at radius 3 is 2.89 bits per heavy atom. The first-order valence-electron chi connectivity index (χ1n) is 6.07. The molecule has 0 saturated carbocycles. The number of rotatable bonds is 4. The molecule has 1 aromatic rings. The average molecular weight is 310 g/mol. The normalized spacial score (nSPS) is 19.3. The highest BCUT2D eigenvalue weighted by molar-refractivity contribution is 9.10. The molecule has 0 spiro atoms. The minimum absolute atomic E-state index is 0.0755. The number of ether oxygens (including phenoxy) is 1. The van der Waals surface area contributed by atoms with E-state index in [2.05, 4.69) is 21.2 Å². The van der Waals surface area contributed by atoms with Crippen molar-refractivity contribution in [1.29, 1.82) is 0 Å². The van der Waals surface area contributed by atoms with E-state index in [-0.39, 0.29) is 12.0 Å². The molecule has 96 valence electrons. The third-order valence-corrected chi connectivity index (χ3v) is 3.35. The molecule has 0 aromatic heterocycles. The van der Waals surface area contributed by atoms with Crippen LogP contribution in [-0.4, -0.2) is 25.2 Å². The van der Waals surface area contributed by atoms with Gasteiger partial charge in [-0.25, -0.2) is 0 Å². The maximum absolute atomic E-state index is 11.6. The summed E-state index contributed by atoms with van der Waals surface area (Å²) in [5, 5.41) is 2.85. The third-order valence-electron chi connectivity index (χ3n) is 2.83. The number of hydrogen-bond acceptors (Lipinski definition) is 2. The van der Waals surface area contributed by atoms with Crippen LogP contribution in [0.25, 0.3) is 6.08 Å². The summed E-state index contributed by atoms with van der Waals surface area (Å²) in [5.74, 6) is -0.0755. The van der Waals surface area contributed by atoms with Crippen LogP contribution in [0.5, 0.6) is 0 Å². The first-order valence-corrected chi connectivity index (χ1v) is 6.86. The van der Waals surface area contributed by atoms with Crippen LogP contribution in [-0.2, 0) is 9.53 Å². The van der Waals surface area contributed by atoms with Crippen molar-refractivity contribution in [1.82, 2.24) is 5.32 Å². The molecule has 1 aromatic carbocycles. The van der Waals surface area contributed by atoms with Gasteiger partial charge >= 0.3 is 0 Å². The maximum Gasteiger partial charge on any atom is 0.244 e. The van der Waals surface area contributed by atoms with E-state index in [1.165, 1.54) is 0 Å². The summed E-state index contributed by atoms with van der Waals surface area (Å²) in [5.41, 5.74) is 1.01. The molecular weight excluding hydrogens is 294 g/mol. The number of nitrogens with one attached hydrogen (secondary N) is 1. The summed E-state index contributed by atoms with van der Waals surface area (Å²) in [6, 6.07) is 7.80. The Bertz CT molecular complexity index is 422. The summed E-state index contributed by atoms with van der Waals surface area (Å²) in [7, 11) is 0. The molecule has 0 bridgehead atoms. The molecule has 1 aliphatic heterocycles. The summed E-state index contributed by atoms with van der Waals surface area (Å²) in [6.45, 7) is 1.42. The van der Waals surface area contributed by atoms with Crippen LogP contribution in [0.15, 0.2) is 34.8 Å². The molecule has 1 heterocycles. The minimum Gasteiger partial charge on any atom is -0.376 e. The molecular formula is C14H16BrNO2. The topological polar surface area (TPSA) is 38.3 Å². The van der Waals surface area contributed by atoms with Crippen molar-refractivity contribution in [2.45, 2.75) is 18.9 Å². The Balaban J connectivity index is 1.77. The second-order valence-electron chi connectivity index (χ2n) is 4.27. The molecule has 4 heteroatoms. The zero-order valence-electron chi connectivity index (χ0n) is 10.1. The summed E-state index contributed by atoms with van der Waals surface area (Å²) in [6.07, 6.45) is 5.68. The SMILES string of the molecule is O=C(C=Cc1ccc(Br)cc1)NCC1CCCO1. The van der Waals surface area contributed by atoms with Crippen LogP contribution >= 0.6 is 15.9 Å². The largest absolute Gasteiger partial charge is 0.376 e. The standard InChI is InChI=1S/C14H16BrNO2/c15-12-6-3-11(4-7-12)5-8-14(17)16-10-13-2-1-9-18-13/h3-8,13H,1-2,9-10H2,(H,16,17). The van der Waals surface area contributed by atoms with Crippen LogP contribution in [0, 0.1) is 0 Å². The smallest absolute Gasteiger partial charge is 0.244 e. The zero-order valence-corrected chi connectivity index (χ0v) is 11.7. The maximum atomic E-state index is 11.6. The molecule has 1 amide bonds. The number of carbonyl (C=O) groups excluding carboxylic acids is 1.